The summed E-state index contributed by atoms with van der Waals surface area (Å²) in [4.78, 5) is 28.5. The molecular weight excluding hydrogens is 286 g/mol. The largest absolute Gasteiger partial charge is 0.480 e. The number of carbonyl (C=O) groups is 2. The minimum atomic E-state index is -0.955. The maximum Gasteiger partial charge on any atom is 0.326 e. The lowest BCUT2D eigenvalue weighted by atomic mass is 10.0. The average Bonchev–Trinajstić information content (AvgIpc) is 2.93. The molecule has 7 heteroatoms. The highest BCUT2D eigenvalue weighted by atomic mass is 16.5. The van der Waals surface area contributed by atoms with Gasteiger partial charge in [-0.3, -0.25) is 4.79 Å². The van der Waals surface area contributed by atoms with Crippen molar-refractivity contribution in [3.05, 3.63) is 36.2 Å². The topological polar surface area (TPSA) is 96.5 Å². The Balaban J connectivity index is 1.57. The molecule has 1 aromatic carbocycles. The highest BCUT2D eigenvalue weighted by molar-refractivity contribution is 5.85. The van der Waals surface area contributed by atoms with Gasteiger partial charge in [0.1, 0.15) is 6.04 Å². The minimum absolute atomic E-state index is 0.167. The molecule has 7 nitrogen and oxygen atoms in total. The van der Waals surface area contributed by atoms with E-state index in [-0.39, 0.29) is 12.3 Å². The number of rotatable bonds is 5. The number of nitrogens with zero attached hydrogens (tertiary/aromatic N) is 3. The molecule has 1 unspecified atom stereocenters. The van der Waals surface area contributed by atoms with E-state index in [1.165, 1.54) is 4.90 Å². The molecule has 1 N–H and O–H groups in total. The van der Waals surface area contributed by atoms with E-state index in [1.807, 2.05) is 30.3 Å². The van der Waals surface area contributed by atoms with Crippen LogP contribution in [-0.4, -0.2) is 44.6 Å². The van der Waals surface area contributed by atoms with Crippen molar-refractivity contribution in [2.75, 3.05) is 6.54 Å². The average molecular weight is 301 g/mol. The van der Waals surface area contributed by atoms with E-state index in [0.717, 1.165) is 5.56 Å². The summed E-state index contributed by atoms with van der Waals surface area (Å²) < 4.78 is 5.13. The maximum absolute atomic E-state index is 12.0. The van der Waals surface area contributed by atoms with Crippen molar-refractivity contribution in [2.24, 2.45) is 0 Å². The number of hydrogen-bond donors (Lipinski definition) is 1. The van der Waals surface area contributed by atoms with Crippen LogP contribution in [0.5, 0.6) is 0 Å². The Morgan fingerprint density at radius 3 is 2.73 bits per heavy atom. The molecule has 0 saturated carbocycles. The molecule has 0 radical (unpaired) electrons. The lowest BCUT2D eigenvalue weighted by molar-refractivity contribution is -0.157. The van der Waals surface area contributed by atoms with E-state index in [1.54, 1.807) is 0 Å². The first-order valence-corrected chi connectivity index (χ1v) is 7.05. The third-order valence-electron chi connectivity index (χ3n) is 3.68. The van der Waals surface area contributed by atoms with Crippen LogP contribution >= 0.6 is 0 Å². The van der Waals surface area contributed by atoms with E-state index in [2.05, 4.69) is 10.1 Å². The van der Waals surface area contributed by atoms with Crippen LogP contribution in [0.1, 0.15) is 18.7 Å². The molecule has 1 atom stereocenters. The van der Waals surface area contributed by atoms with Crippen molar-refractivity contribution >= 4 is 11.9 Å². The SMILES string of the molecule is O=C(O)C1CCN1C(=O)CCc1nc(-c2ccccc2)no1. The fourth-order valence-electron chi connectivity index (χ4n) is 2.36. The normalized spacial score (nSPS) is 17.1. The van der Waals surface area contributed by atoms with Crippen LogP contribution in [0.4, 0.5) is 0 Å². The molecule has 1 fully saturated rings. The molecule has 1 aromatic heterocycles. The second-order valence-electron chi connectivity index (χ2n) is 5.11. The highest BCUT2D eigenvalue weighted by Crippen LogP contribution is 2.20. The summed E-state index contributed by atoms with van der Waals surface area (Å²) in [5.74, 6) is -0.295. The first kappa shape index (κ1) is 14.2. The number of benzene rings is 1. The van der Waals surface area contributed by atoms with Gasteiger partial charge in [0.05, 0.1) is 0 Å². The summed E-state index contributed by atoms with van der Waals surface area (Å²) in [6.45, 7) is 0.495. The monoisotopic (exact) mass is 301 g/mol. The number of aliphatic carboxylic acids is 1. The van der Waals surface area contributed by atoms with Crippen molar-refractivity contribution in [2.45, 2.75) is 25.3 Å². The van der Waals surface area contributed by atoms with E-state index in [9.17, 15) is 9.59 Å². The molecule has 0 bridgehead atoms. The Bertz CT molecular complexity index is 683. The first-order valence-electron chi connectivity index (χ1n) is 7.05. The van der Waals surface area contributed by atoms with Gasteiger partial charge in [0.15, 0.2) is 0 Å². The molecule has 1 aliphatic heterocycles. The summed E-state index contributed by atoms with van der Waals surface area (Å²) in [7, 11) is 0. The van der Waals surface area contributed by atoms with Gasteiger partial charge in [0.25, 0.3) is 0 Å². The molecule has 1 aliphatic rings. The number of amides is 1. The van der Waals surface area contributed by atoms with Crippen LogP contribution < -0.4 is 0 Å². The lowest BCUT2D eigenvalue weighted by Crippen LogP contribution is -2.55. The Labute approximate surface area is 126 Å². The Kier molecular flexibility index (Phi) is 3.86. The van der Waals surface area contributed by atoms with Gasteiger partial charge in [-0.15, -0.1) is 0 Å². The standard InChI is InChI=1S/C15H15N3O4/c19-13(18-9-8-11(18)15(20)21)7-6-12-16-14(17-22-12)10-4-2-1-3-5-10/h1-5,11H,6-9H2,(H,20,21). The zero-order valence-electron chi connectivity index (χ0n) is 11.8. The van der Waals surface area contributed by atoms with Crippen molar-refractivity contribution in [3.8, 4) is 11.4 Å². The predicted octanol–water partition coefficient (Wildman–Crippen LogP) is 1.35. The third-order valence-corrected chi connectivity index (χ3v) is 3.68. The Hall–Kier alpha value is -2.70. The van der Waals surface area contributed by atoms with Gasteiger partial charge in [-0.2, -0.15) is 4.98 Å². The second-order valence-corrected chi connectivity index (χ2v) is 5.11. The number of likely N-dealkylation sites (tertiary alicyclic amines) is 1. The Morgan fingerprint density at radius 2 is 2.09 bits per heavy atom. The van der Waals surface area contributed by atoms with E-state index in [0.29, 0.717) is 31.1 Å². The van der Waals surface area contributed by atoms with Crippen molar-refractivity contribution in [3.63, 3.8) is 0 Å². The zero-order chi connectivity index (χ0) is 15.5. The van der Waals surface area contributed by atoms with E-state index >= 15 is 0 Å². The van der Waals surface area contributed by atoms with Gasteiger partial charge >= 0.3 is 5.97 Å². The van der Waals surface area contributed by atoms with E-state index < -0.39 is 12.0 Å². The number of carboxylic acids is 1. The predicted molar refractivity (Wildman–Crippen MR) is 75.8 cm³/mol. The smallest absolute Gasteiger partial charge is 0.326 e. The van der Waals surface area contributed by atoms with Gasteiger partial charge in [-0.05, 0) is 6.42 Å². The number of carbonyl (C=O) groups excluding carboxylic acids is 1. The molecule has 2 heterocycles. The number of aromatic nitrogens is 2. The van der Waals surface area contributed by atoms with Crippen LogP contribution in [0.2, 0.25) is 0 Å². The summed E-state index contributed by atoms with van der Waals surface area (Å²) in [6, 6.07) is 8.72. The maximum atomic E-state index is 12.0. The number of hydrogen-bond acceptors (Lipinski definition) is 5. The summed E-state index contributed by atoms with van der Waals surface area (Å²) in [6.07, 6.45) is 0.988. The van der Waals surface area contributed by atoms with E-state index in [4.69, 9.17) is 9.63 Å². The first-order chi connectivity index (χ1) is 10.6. The highest BCUT2D eigenvalue weighted by Gasteiger charge is 2.37. The molecule has 22 heavy (non-hydrogen) atoms. The number of carboxylic acid groups (broad SMARTS) is 1. The third kappa shape index (κ3) is 2.83. The van der Waals surface area contributed by atoms with Gasteiger partial charge < -0.3 is 14.5 Å². The summed E-state index contributed by atoms with van der Waals surface area (Å²) in [5.41, 5.74) is 0.845. The van der Waals surface area contributed by atoms with Crippen molar-refractivity contribution < 1.29 is 19.2 Å². The van der Waals surface area contributed by atoms with Crippen LogP contribution in [0.15, 0.2) is 34.9 Å². The minimum Gasteiger partial charge on any atom is -0.480 e. The number of aryl methyl sites for hydroxylation is 1. The van der Waals surface area contributed by atoms with Crippen LogP contribution in [0.3, 0.4) is 0 Å². The van der Waals surface area contributed by atoms with Crippen LogP contribution in [-0.2, 0) is 16.0 Å². The molecule has 0 spiro atoms. The summed E-state index contributed by atoms with van der Waals surface area (Å²) in [5, 5.41) is 12.8. The Morgan fingerprint density at radius 1 is 1.32 bits per heavy atom. The van der Waals surface area contributed by atoms with Crippen LogP contribution in [0, 0.1) is 0 Å². The van der Waals surface area contributed by atoms with Gasteiger partial charge in [-0.25, -0.2) is 4.79 Å². The second kappa shape index (κ2) is 5.97. The fourth-order valence-corrected chi connectivity index (χ4v) is 2.36. The van der Waals surface area contributed by atoms with Gasteiger partial charge in [-0.1, -0.05) is 35.5 Å². The zero-order valence-corrected chi connectivity index (χ0v) is 11.8. The lowest BCUT2D eigenvalue weighted by Gasteiger charge is -2.37. The van der Waals surface area contributed by atoms with Gasteiger partial charge in [0, 0.05) is 24.9 Å². The van der Waals surface area contributed by atoms with Gasteiger partial charge in [0.2, 0.25) is 17.6 Å². The van der Waals surface area contributed by atoms with Crippen molar-refractivity contribution in [1.29, 1.82) is 0 Å². The molecule has 114 valence electrons. The van der Waals surface area contributed by atoms with Crippen molar-refractivity contribution in [1.82, 2.24) is 15.0 Å². The summed E-state index contributed by atoms with van der Waals surface area (Å²) >= 11 is 0. The molecule has 2 aromatic rings. The molecule has 0 aliphatic carbocycles. The quantitative estimate of drug-likeness (QED) is 0.895. The molecular formula is C15H15N3O4. The molecule has 3 rings (SSSR count). The fraction of sp³-hybridized carbons (Fsp3) is 0.333. The molecule has 1 saturated heterocycles. The van der Waals surface area contributed by atoms with Crippen LogP contribution in [0.25, 0.3) is 11.4 Å². The molecule has 1 amide bonds.